The summed E-state index contributed by atoms with van der Waals surface area (Å²) in [5.41, 5.74) is 0.0547. The molecule has 2 aliphatic rings. The average molecular weight is 495 g/mol. The first-order chi connectivity index (χ1) is 12.4. The zero-order valence-electron chi connectivity index (χ0n) is 18.1. The van der Waals surface area contributed by atoms with Gasteiger partial charge in [-0.25, -0.2) is 0 Å². The second-order valence-electron chi connectivity index (χ2n) is 8.42. The summed E-state index contributed by atoms with van der Waals surface area (Å²) in [6.07, 6.45) is 4.03. The molecule has 2 fully saturated rings. The lowest BCUT2D eigenvalue weighted by atomic mass is 10.0. The summed E-state index contributed by atoms with van der Waals surface area (Å²) in [6.45, 7) is 18.9. The molecular formula is C20H42IN5O. The normalized spacial score (nSPS) is 24.2. The van der Waals surface area contributed by atoms with Gasteiger partial charge in [0.05, 0.1) is 19.8 Å². The van der Waals surface area contributed by atoms with E-state index in [4.69, 9.17) is 9.73 Å². The van der Waals surface area contributed by atoms with Crippen LogP contribution in [0.3, 0.4) is 0 Å². The number of piperidine rings is 1. The molecule has 0 saturated carbocycles. The van der Waals surface area contributed by atoms with E-state index in [0.717, 1.165) is 51.9 Å². The van der Waals surface area contributed by atoms with Crippen LogP contribution in [0.2, 0.25) is 0 Å². The number of likely N-dealkylation sites (tertiary alicyclic amines) is 1. The van der Waals surface area contributed by atoms with E-state index in [-0.39, 0.29) is 29.5 Å². The fourth-order valence-electron chi connectivity index (χ4n) is 4.02. The maximum Gasteiger partial charge on any atom is 0.191 e. The van der Waals surface area contributed by atoms with Crippen LogP contribution in [0.15, 0.2) is 4.99 Å². The molecule has 0 bridgehead atoms. The number of nitrogens with one attached hydrogen (secondary N) is 2. The van der Waals surface area contributed by atoms with Crippen molar-refractivity contribution < 1.29 is 4.74 Å². The summed E-state index contributed by atoms with van der Waals surface area (Å²) in [7, 11) is 0. The van der Waals surface area contributed by atoms with Crippen LogP contribution in [-0.4, -0.2) is 85.9 Å². The van der Waals surface area contributed by atoms with E-state index in [2.05, 4.69) is 55.1 Å². The summed E-state index contributed by atoms with van der Waals surface area (Å²) in [6, 6.07) is 1.22. The van der Waals surface area contributed by atoms with E-state index in [1.165, 1.54) is 25.8 Å². The molecule has 2 unspecified atom stereocenters. The topological polar surface area (TPSA) is 52.1 Å². The first-order valence-corrected chi connectivity index (χ1v) is 10.5. The Labute approximate surface area is 183 Å². The van der Waals surface area contributed by atoms with Gasteiger partial charge in [-0.2, -0.15) is 0 Å². The first-order valence-electron chi connectivity index (χ1n) is 10.5. The molecule has 0 aromatic heterocycles. The van der Waals surface area contributed by atoms with Crippen LogP contribution in [-0.2, 0) is 4.74 Å². The van der Waals surface area contributed by atoms with E-state index in [1.807, 2.05) is 0 Å². The summed E-state index contributed by atoms with van der Waals surface area (Å²) >= 11 is 0. The molecule has 2 atom stereocenters. The molecule has 7 heteroatoms. The van der Waals surface area contributed by atoms with Gasteiger partial charge in [-0.15, -0.1) is 24.0 Å². The van der Waals surface area contributed by atoms with E-state index < -0.39 is 0 Å². The lowest BCUT2D eigenvalue weighted by Crippen LogP contribution is -2.53. The fraction of sp³-hybridized carbons (Fsp3) is 0.950. The lowest BCUT2D eigenvalue weighted by Gasteiger charge is -2.40. The molecule has 0 aromatic carbocycles. The average Bonchev–Trinajstić information content (AvgIpc) is 2.65. The molecule has 2 rings (SSSR count). The van der Waals surface area contributed by atoms with Crippen molar-refractivity contribution in [1.82, 2.24) is 20.4 Å². The van der Waals surface area contributed by atoms with Gasteiger partial charge in [0.15, 0.2) is 5.96 Å². The largest absolute Gasteiger partial charge is 0.379 e. The molecule has 2 aliphatic heterocycles. The molecule has 2 saturated heterocycles. The minimum atomic E-state index is 0. The van der Waals surface area contributed by atoms with Crippen molar-refractivity contribution in [3.8, 4) is 0 Å². The summed E-state index contributed by atoms with van der Waals surface area (Å²) in [4.78, 5) is 10.0. The predicted molar refractivity (Wildman–Crippen MR) is 125 cm³/mol. The number of aliphatic imine (C=N–C) groups is 1. The van der Waals surface area contributed by atoms with Crippen LogP contribution in [0.1, 0.15) is 53.9 Å². The zero-order valence-corrected chi connectivity index (χ0v) is 20.4. The van der Waals surface area contributed by atoms with Crippen molar-refractivity contribution in [2.45, 2.75) is 71.5 Å². The number of ether oxygens (including phenoxy) is 1. The molecule has 160 valence electrons. The Kier molecular flexibility index (Phi) is 11.5. The molecule has 2 N–H and O–H groups in total. The second kappa shape index (κ2) is 12.4. The van der Waals surface area contributed by atoms with Gasteiger partial charge >= 0.3 is 0 Å². The minimum Gasteiger partial charge on any atom is -0.379 e. The highest BCUT2D eigenvalue weighted by atomic mass is 127. The van der Waals surface area contributed by atoms with Gasteiger partial charge in [0.2, 0.25) is 0 Å². The monoisotopic (exact) mass is 495 g/mol. The molecule has 0 radical (unpaired) electrons. The quantitative estimate of drug-likeness (QED) is 0.323. The third-order valence-electron chi connectivity index (χ3n) is 5.82. The first kappa shape index (κ1) is 24.9. The van der Waals surface area contributed by atoms with Gasteiger partial charge in [0.1, 0.15) is 0 Å². The van der Waals surface area contributed by atoms with Crippen LogP contribution in [0.4, 0.5) is 0 Å². The standard InChI is InChI=1S/C20H41N5O.HI/c1-6-21-19(22-15-18(3)25-10-8-7-9-17(25)2)23-16-20(4,5)24-11-13-26-14-12-24;/h17-18H,6-16H2,1-5H3,(H2,21,22,23);1H. The second-order valence-corrected chi connectivity index (χ2v) is 8.42. The number of halogens is 1. The molecule has 0 aliphatic carbocycles. The summed E-state index contributed by atoms with van der Waals surface area (Å²) in [5, 5.41) is 6.97. The van der Waals surface area contributed by atoms with Gasteiger partial charge in [0, 0.05) is 43.8 Å². The van der Waals surface area contributed by atoms with Crippen molar-refractivity contribution >= 4 is 29.9 Å². The molecular weight excluding hydrogens is 453 g/mol. The number of rotatable bonds is 7. The molecule has 0 spiro atoms. The van der Waals surface area contributed by atoms with E-state index >= 15 is 0 Å². The van der Waals surface area contributed by atoms with Gasteiger partial charge in [-0.3, -0.25) is 14.8 Å². The van der Waals surface area contributed by atoms with Crippen molar-refractivity contribution in [3.63, 3.8) is 0 Å². The Hall–Kier alpha value is -0.120. The Morgan fingerprint density at radius 2 is 1.89 bits per heavy atom. The highest BCUT2D eigenvalue weighted by Gasteiger charge is 2.28. The zero-order chi connectivity index (χ0) is 19.0. The molecule has 0 aromatic rings. The molecule has 0 amide bonds. The molecule has 27 heavy (non-hydrogen) atoms. The van der Waals surface area contributed by atoms with Gasteiger partial charge in [-0.05, 0) is 54.0 Å². The number of morpholine rings is 1. The maximum atomic E-state index is 5.48. The van der Waals surface area contributed by atoms with Crippen molar-refractivity contribution in [1.29, 1.82) is 0 Å². The fourth-order valence-corrected chi connectivity index (χ4v) is 4.02. The summed E-state index contributed by atoms with van der Waals surface area (Å²) in [5.74, 6) is 0.936. The number of hydrogen-bond acceptors (Lipinski definition) is 4. The molecule has 6 nitrogen and oxygen atoms in total. The van der Waals surface area contributed by atoms with Crippen LogP contribution < -0.4 is 10.6 Å². The van der Waals surface area contributed by atoms with Crippen LogP contribution in [0, 0.1) is 0 Å². The van der Waals surface area contributed by atoms with E-state index in [0.29, 0.717) is 12.1 Å². The third kappa shape index (κ3) is 8.03. The van der Waals surface area contributed by atoms with Crippen molar-refractivity contribution in [2.75, 3.05) is 52.5 Å². The highest BCUT2D eigenvalue weighted by Crippen LogP contribution is 2.19. The minimum absolute atomic E-state index is 0. The van der Waals surface area contributed by atoms with Gasteiger partial charge in [0.25, 0.3) is 0 Å². The number of guanidine groups is 1. The Morgan fingerprint density at radius 3 is 2.52 bits per heavy atom. The van der Waals surface area contributed by atoms with Gasteiger partial charge < -0.3 is 15.4 Å². The number of nitrogens with zero attached hydrogens (tertiary/aromatic N) is 3. The van der Waals surface area contributed by atoms with E-state index in [9.17, 15) is 0 Å². The van der Waals surface area contributed by atoms with Crippen LogP contribution in [0.5, 0.6) is 0 Å². The van der Waals surface area contributed by atoms with Gasteiger partial charge in [-0.1, -0.05) is 6.42 Å². The smallest absolute Gasteiger partial charge is 0.191 e. The summed E-state index contributed by atoms with van der Waals surface area (Å²) < 4.78 is 5.48. The SMILES string of the molecule is CCNC(=NCC(C)(C)N1CCOCC1)NCC(C)N1CCCCC1C.I. The Bertz CT molecular complexity index is 440. The Morgan fingerprint density at radius 1 is 1.19 bits per heavy atom. The van der Waals surface area contributed by atoms with Crippen molar-refractivity contribution in [3.05, 3.63) is 0 Å². The third-order valence-corrected chi connectivity index (χ3v) is 5.82. The van der Waals surface area contributed by atoms with E-state index in [1.54, 1.807) is 0 Å². The predicted octanol–water partition coefficient (Wildman–Crippen LogP) is 2.53. The number of hydrogen-bond donors (Lipinski definition) is 2. The molecule has 2 heterocycles. The van der Waals surface area contributed by atoms with Crippen LogP contribution >= 0.6 is 24.0 Å². The maximum absolute atomic E-state index is 5.48. The van der Waals surface area contributed by atoms with Crippen LogP contribution in [0.25, 0.3) is 0 Å². The highest BCUT2D eigenvalue weighted by molar-refractivity contribution is 14.0. The van der Waals surface area contributed by atoms with Crippen molar-refractivity contribution in [2.24, 2.45) is 4.99 Å². The Balaban J connectivity index is 0.00000364. The lowest BCUT2D eigenvalue weighted by molar-refractivity contribution is -0.00684.